The molecular weight excluding hydrogens is 522 g/mol. The topological polar surface area (TPSA) is 30.7 Å². The fourth-order valence-corrected chi connectivity index (χ4v) is 6.53. The molecule has 0 N–H and O–H groups in total. The Morgan fingerprint density at radius 3 is 1.93 bits per heavy atom. The Hall–Kier alpha value is -5.80. The number of imidazole rings is 1. The first kappa shape index (κ1) is 25.0. The van der Waals surface area contributed by atoms with Crippen LogP contribution in [0.4, 0.5) is 0 Å². The molecule has 0 aliphatic rings. The second-order valence-corrected chi connectivity index (χ2v) is 10.7. The van der Waals surface area contributed by atoms with Crippen molar-refractivity contribution in [2.45, 2.75) is 0 Å². The average Bonchev–Trinajstić information content (AvgIpc) is 3.47. The van der Waals surface area contributed by atoms with Gasteiger partial charge in [-0.3, -0.25) is 9.55 Å². The standard InChI is InChI=1S/C40H27N3/c1-3-28-29(4-2)35-25-34(31-14-6-8-16-33(31)39(35)32-15-7-5-13-30(28)32)26-20-22-27(23-21-26)43-38-19-10-9-17-36(38)42-40(43)37-18-11-12-24-41-37/h3-25H,1-2H2. The van der Waals surface area contributed by atoms with E-state index in [2.05, 4.69) is 114 Å². The molecule has 0 unspecified atom stereocenters. The second-order valence-electron chi connectivity index (χ2n) is 10.7. The van der Waals surface area contributed by atoms with Crippen LogP contribution in [0.2, 0.25) is 0 Å². The summed E-state index contributed by atoms with van der Waals surface area (Å²) >= 11 is 0. The molecule has 6 aromatic carbocycles. The van der Waals surface area contributed by atoms with Crippen molar-refractivity contribution >= 4 is 55.5 Å². The third kappa shape index (κ3) is 3.83. The number of hydrogen-bond acceptors (Lipinski definition) is 2. The normalized spacial score (nSPS) is 11.4. The number of benzene rings is 6. The molecule has 8 rings (SSSR count). The van der Waals surface area contributed by atoms with Gasteiger partial charge in [-0.05, 0) is 97.0 Å². The molecule has 2 heterocycles. The van der Waals surface area contributed by atoms with Crippen LogP contribution in [0.25, 0.3) is 83.8 Å². The summed E-state index contributed by atoms with van der Waals surface area (Å²) in [6, 6.07) is 42.6. The lowest BCUT2D eigenvalue weighted by Crippen LogP contribution is -1.99. The first-order valence-electron chi connectivity index (χ1n) is 14.4. The van der Waals surface area contributed by atoms with Gasteiger partial charge in [0.15, 0.2) is 5.82 Å². The van der Waals surface area contributed by atoms with Crippen molar-refractivity contribution in [2.24, 2.45) is 0 Å². The first-order valence-corrected chi connectivity index (χ1v) is 14.4. The van der Waals surface area contributed by atoms with Crippen molar-refractivity contribution in [3.8, 4) is 28.3 Å². The molecule has 3 nitrogen and oxygen atoms in total. The van der Waals surface area contributed by atoms with E-state index in [4.69, 9.17) is 4.98 Å². The summed E-state index contributed by atoms with van der Waals surface area (Å²) < 4.78 is 2.19. The van der Waals surface area contributed by atoms with E-state index < -0.39 is 0 Å². The Morgan fingerprint density at radius 1 is 0.581 bits per heavy atom. The molecule has 3 heteroatoms. The number of fused-ring (bicyclic) bond motifs is 6. The molecule has 0 atom stereocenters. The molecule has 2 aromatic heterocycles. The zero-order valence-electron chi connectivity index (χ0n) is 23.5. The van der Waals surface area contributed by atoms with Crippen LogP contribution in [-0.4, -0.2) is 14.5 Å². The van der Waals surface area contributed by atoms with E-state index in [-0.39, 0.29) is 0 Å². The molecule has 8 aromatic rings. The minimum Gasteiger partial charge on any atom is -0.291 e. The van der Waals surface area contributed by atoms with Crippen molar-refractivity contribution < 1.29 is 0 Å². The van der Waals surface area contributed by atoms with Crippen LogP contribution in [0.5, 0.6) is 0 Å². The van der Waals surface area contributed by atoms with Crippen LogP contribution < -0.4 is 0 Å². The smallest absolute Gasteiger partial charge is 0.164 e. The van der Waals surface area contributed by atoms with Gasteiger partial charge in [-0.1, -0.05) is 104 Å². The summed E-state index contributed by atoms with van der Waals surface area (Å²) in [5.74, 6) is 0.824. The predicted molar refractivity (Wildman–Crippen MR) is 182 cm³/mol. The van der Waals surface area contributed by atoms with Crippen LogP contribution in [0.15, 0.2) is 141 Å². The monoisotopic (exact) mass is 549 g/mol. The van der Waals surface area contributed by atoms with Gasteiger partial charge in [0.25, 0.3) is 0 Å². The highest BCUT2D eigenvalue weighted by atomic mass is 15.1. The van der Waals surface area contributed by atoms with Gasteiger partial charge in [-0.15, -0.1) is 0 Å². The van der Waals surface area contributed by atoms with Gasteiger partial charge in [0.1, 0.15) is 5.69 Å². The van der Waals surface area contributed by atoms with Gasteiger partial charge in [-0.2, -0.15) is 0 Å². The molecule has 0 aliphatic heterocycles. The molecule has 0 amide bonds. The number of aromatic nitrogens is 3. The van der Waals surface area contributed by atoms with E-state index in [0.29, 0.717) is 0 Å². The molecule has 202 valence electrons. The second kappa shape index (κ2) is 9.93. The molecular formula is C40H27N3. The highest BCUT2D eigenvalue weighted by Crippen LogP contribution is 2.42. The number of rotatable bonds is 5. The van der Waals surface area contributed by atoms with Crippen molar-refractivity contribution in [3.05, 3.63) is 152 Å². The molecule has 0 radical (unpaired) electrons. The van der Waals surface area contributed by atoms with Crippen molar-refractivity contribution in [2.75, 3.05) is 0 Å². The van der Waals surface area contributed by atoms with Crippen LogP contribution in [0, 0.1) is 0 Å². The fraction of sp³-hybridized carbons (Fsp3) is 0. The first-order chi connectivity index (χ1) is 21.3. The largest absolute Gasteiger partial charge is 0.291 e. The quantitative estimate of drug-likeness (QED) is 0.200. The highest BCUT2D eigenvalue weighted by molar-refractivity contribution is 6.26. The number of nitrogens with zero attached hydrogens (tertiary/aromatic N) is 3. The maximum Gasteiger partial charge on any atom is 0.164 e. The van der Waals surface area contributed by atoms with Crippen molar-refractivity contribution in [1.82, 2.24) is 14.5 Å². The van der Waals surface area contributed by atoms with E-state index in [1.807, 2.05) is 48.7 Å². The third-order valence-corrected chi connectivity index (χ3v) is 8.41. The Morgan fingerprint density at radius 2 is 1.21 bits per heavy atom. The minimum absolute atomic E-state index is 0.824. The molecule has 0 fully saturated rings. The van der Waals surface area contributed by atoms with Gasteiger partial charge < -0.3 is 0 Å². The zero-order valence-corrected chi connectivity index (χ0v) is 23.5. The number of hydrogen-bond donors (Lipinski definition) is 0. The van der Waals surface area contributed by atoms with Gasteiger partial charge in [-0.25, -0.2) is 4.98 Å². The van der Waals surface area contributed by atoms with Crippen molar-refractivity contribution in [1.29, 1.82) is 0 Å². The lowest BCUT2D eigenvalue weighted by atomic mass is 9.86. The van der Waals surface area contributed by atoms with E-state index >= 15 is 0 Å². The summed E-state index contributed by atoms with van der Waals surface area (Å²) in [5.41, 5.74) is 8.42. The highest BCUT2D eigenvalue weighted by Gasteiger charge is 2.18. The van der Waals surface area contributed by atoms with Crippen LogP contribution in [0.1, 0.15) is 11.1 Å². The van der Waals surface area contributed by atoms with E-state index in [1.165, 1.54) is 37.9 Å². The molecule has 0 spiro atoms. The Labute approximate surface area is 249 Å². The lowest BCUT2D eigenvalue weighted by Gasteiger charge is -2.18. The molecule has 43 heavy (non-hydrogen) atoms. The van der Waals surface area contributed by atoms with Crippen molar-refractivity contribution in [3.63, 3.8) is 0 Å². The lowest BCUT2D eigenvalue weighted by molar-refractivity contribution is 1.08. The van der Waals surface area contributed by atoms with Gasteiger partial charge in [0, 0.05) is 11.9 Å². The predicted octanol–water partition coefficient (Wildman–Crippen LogP) is 10.5. The fourth-order valence-electron chi connectivity index (χ4n) is 6.53. The average molecular weight is 550 g/mol. The SMILES string of the molecule is C=Cc1c(C=C)c2cc(-c3ccc(-n4c(-c5ccccn5)nc5ccccc54)cc3)c3ccccc3c2c2ccccc12. The number of para-hydroxylation sites is 2. The zero-order chi connectivity index (χ0) is 28.9. The van der Waals surface area contributed by atoms with Crippen LogP contribution in [0.3, 0.4) is 0 Å². The Balaban J connectivity index is 1.37. The summed E-state index contributed by atoms with van der Waals surface area (Å²) in [4.78, 5) is 9.57. The van der Waals surface area contributed by atoms with E-state index in [9.17, 15) is 0 Å². The number of pyridine rings is 1. The maximum absolute atomic E-state index is 4.96. The maximum atomic E-state index is 4.96. The Bertz CT molecular complexity index is 2360. The summed E-state index contributed by atoms with van der Waals surface area (Å²) in [7, 11) is 0. The summed E-state index contributed by atoms with van der Waals surface area (Å²) in [6.45, 7) is 8.38. The van der Waals surface area contributed by atoms with E-state index in [1.54, 1.807) is 0 Å². The summed E-state index contributed by atoms with van der Waals surface area (Å²) in [6.07, 6.45) is 5.74. The van der Waals surface area contributed by atoms with Gasteiger partial charge in [0.05, 0.1) is 11.0 Å². The van der Waals surface area contributed by atoms with E-state index in [0.717, 1.165) is 44.9 Å². The summed E-state index contributed by atoms with van der Waals surface area (Å²) in [5, 5.41) is 7.29. The van der Waals surface area contributed by atoms with Gasteiger partial charge >= 0.3 is 0 Å². The minimum atomic E-state index is 0.824. The van der Waals surface area contributed by atoms with Crippen LogP contribution >= 0.6 is 0 Å². The molecule has 0 saturated heterocycles. The molecule has 0 saturated carbocycles. The third-order valence-electron chi connectivity index (χ3n) is 8.41. The molecule has 0 bridgehead atoms. The van der Waals surface area contributed by atoms with Crippen LogP contribution in [-0.2, 0) is 0 Å². The molecule has 0 aliphatic carbocycles. The Kier molecular flexibility index (Phi) is 5.76. The van der Waals surface area contributed by atoms with Gasteiger partial charge in [0.2, 0.25) is 0 Å².